The van der Waals surface area contributed by atoms with Crippen LogP contribution in [0.2, 0.25) is 0 Å². The lowest BCUT2D eigenvalue weighted by Gasteiger charge is -2.40. The molecular weight excluding hydrogens is 270 g/mol. The molecule has 4 nitrogen and oxygen atoms in total. The van der Waals surface area contributed by atoms with Gasteiger partial charge in [0, 0.05) is 26.2 Å². The van der Waals surface area contributed by atoms with Gasteiger partial charge in [-0.25, -0.2) is 0 Å². The molecule has 1 amide bonds. The zero-order chi connectivity index (χ0) is 15.2. The van der Waals surface area contributed by atoms with Crippen LogP contribution in [-0.2, 0) is 4.79 Å². The van der Waals surface area contributed by atoms with E-state index in [1.807, 2.05) is 4.90 Å². The van der Waals surface area contributed by atoms with Crippen LogP contribution in [0.4, 0.5) is 0 Å². The standard InChI is InChI=1S/C15H29N3OS/c1-4-7-15(8-5-2,13(16)20)14(19)18-11-9-17(6-3)10-12-18/h4-12H2,1-3H3,(H2,16,20). The zero-order valence-corrected chi connectivity index (χ0v) is 14.0. The molecule has 2 N–H and O–H groups in total. The minimum atomic E-state index is -0.618. The van der Waals surface area contributed by atoms with Gasteiger partial charge in [-0.05, 0) is 19.4 Å². The van der Waals surface area contributed by atoms with Crippen LogP contribution in [0, 0.1) is 5.41 Å². The summed E-state index contributed by atoms with van der Waals surface area (Å²) in [5, 5.41) is 0. The molecule has 0 aromatic rings. The highest BCUT2D eigenvalue weighted by atomic mass is 32.1. The van der Waals surface area contributed by atoms with Gasteiger partial charge >= 0.3 is 0 Å². The number of thiocarbonyl (C=S) groups is 1. The van der Waals surface area contributed by atoms with Gasteiger partial charge in [-0.2, -0.15) is 0 Å². The Morgan fingerprint density at radius 2 is 1.60 bits per heavy atom. The van der Waals surface area contributed by atoms with Gasteiger partial charge in [-0.3, -0.25) is 4.79 Å². The van der Waals surface area contributed by atoms with Crippen molar-refractivity contribution < 1.29 is 4.79 Å². The molecule has 1 rings (SSSR count). The lowest BCUT2D eigenvalue weighted by atomic mass is 9.77. The fourth-order valence-corrected chi connectivity index (χ4v) is 3.41. The molecule has 0 spiro atoms. The molecular formula is C15H29N3OS. The summed E-state index contributed by atoms with van der Waals surface area (Å²) in [6.45, 7) is 10.9. The van der Waals surface area contributed by atoms with Crippen molar-refractivity contribution in [2.45, 2.75) is 46.5 Å². The molecule has 20 heavy (non-hydrogen) atoms. The molecule has 0 aliphatic carbocycles. The lowest BCUT2D eigenvalue weighted by molar-refractivity contribution is -0.140. The average molecular weight is 299 g/mol. The predicted octanol–water partition coefficient (Wildman–Crippen LogP) is 2.02. The smallest absolute Gasteiger partial charge is 0.235 e. The van der Waals surface area contributed by atoms with E-state index in [9.17, 15) is 4.79 Å². The van der Waals surface area contributed by atoms with Gasteiger partial charge in [-0.15, -0.1) is 0 Å². The number of hydrogen-bond acceptors (Lipinski definition) is 3. The molecule has 1 fully saturated rings. The molecule has 5 heteroatoms. The van der Waals surface area contributed by atoms with Crippen LogP contribution in [0.1, 0.15) is 46.5 Å². The first-order valence-electron chi connectivity index (χ1n) is 7.83. The van der Waals surface area contributed by atoms with Crippen LogP contribution in [0.15, 0.2) is 0 Å². The van der Waals surface area contributed by atoms with E-state index in [0.717, 1.165) is 58.4 Å². The van der Waals surface area contributed by atoms with Gasteiger partial charge in [0.1, 0.15) is 0 Å². The first-order valence-corrected chi connectivity index (χ1v) is 8.24. The highest BCUT2D eigenvalue weighted by Gasteiger charge is 2.42. The van der Waals surface area contributed by atoms with Crippen molar-refractivity contribution in [3.63, 3.8) is 0 Å². The van der Waals surface area contributed by atoms with Crippen LogP contribution in [0.3, 0.4) is 0 Å². The second kappa shape index (κ2) is 7.93. The molecule has 0 saturated carbocycles. The molecule has 0 aromatic carbocycles. The molecule has 116 valence electrons. The number of likely N-dealkylation sites (N-methyl/N-ethyl adjacent to an activating group) is 1. The molecule has 1 heterocycles. The third-order valence-electron chi connectivity index (χ3n) is 4.34. The molecule has 1 aliphatic rings. The second-order valence-electron chi connectivity index (χ2n) is 5.67. The van der Waals surface area contributed by atoms with Crippen LogP contribution in [0.5, 0.6) is 0 Å². The Balaban J connectivity index is 2.85. The Morgan fingerprint density at radius 3 is 1.95 bits per heavy atom. The molecule has 0 bridgehead atoms. The summed E-state index contributed by atoms with van der Waals surface area (Å²) in [5.74, 6) is 0.157. The number of piperazine rings is 1. The van der Waals surface area contributed by atoms with Gasteiger partial charge in [-0.1, -0.05) is 45.8 Å². The average Bonchev–Trinajstić information content (AvgIpc) is 2.46. The highest BCUT2D eigenvalue weighted by Crippen LogP contribution is 2.33. The summed E-state index contributed by atoms with van der Waals surface area (Å²) in [7, 11) is 0. The topological polar surface area (TPSA) is 49.6 Å². The lowest BCUT2D eigenvalue weighted by Crippen LogP contribution is -2.56. The van der Waals surface area contributed by atoms with E-state index >= 15 is 0 Å². The monoisotopic (exact) mass is 299 g/mol. The molecule has 0 unspecified atom stereocenters. The van der Waals surface area contributed by atoms with Crippen LogP contribution < -0.4 is 5.73 Å². The van der Waals surface area contributed by atoms with E-state index in [0.29, 0.717) is 4.99 Å². The third kappa shape index (κ3) is 3.70. The molecule has 1 aliphatic heterocycles. The Morgan fingerprint density at radius 1 is 1.10 bits per heavy atom. The van der Waals surface area contributed by atoms with Gasteiger partial charge in [0.25, 0.3) is 0 Å². The van der Waals surface area contributed by atoms with E-state index in [-0.39, 0.29) is 5.91 Å². The number of rotatable bonds is 7. The van der Waals surface area contributed by atoms with Crippen LogP contribution >= 0.6 is 12.2 Å². The maximum atomic E-state index is 13.0. The minimum Gasteiger partial charge on any atom is -0.392 e. The number of carbonyl (C=O) groups is 1. The van der Waals surface area contributed by atoms with Crippen LogP contribution in [-0.4, -0.2) is 53.4 Å². The van der Waals surface area contributed by atoms with Gasteiger partial charge in [0.2, 0.25) is 5.91 Å². The first kappa shape index (κ1) is 17.4. The van der Waals surface area contributed by atoms with Crippen molar-refractivity contribution in [2.24, 2.45) is 11.1 Å². The van der Waals surface area contributed by atoms with Gasteiger partial charge in [0.15, 0.2) is 0 Å². The Kier molecular flexibility index (Phi) is 6.89. The minimum absolute atomic E-state index is 0.157. The van der Waals surface area contributed by atoms with Gasteiger partial charge in [0.05, 0.1) is 10.4 Å². The quantitative estimate of drug-likeness (QED) is 0.731. The second-order valence-corrected chi connectivity index (χ2v) is 6.11. The van der Waals surface area contributed by atoms with E-state index in [1.165, 1.54) is 0 Å². The first-order chi connectivity index (χ1) is 9.51. The van der Waals surface area contributed by atoms with Crippen molar-refractivity contribution in [1.29, 1.82) is 0 Å². The summed E-state index contributed by atoms with van der Waals surface area (Å²) < 4.78 is 0. The van der Waals surface area contributed by atoms with E-state index in [1.54, 1.807) is 0 Å². The number of nitrogens with zero attached hydrogens (tertiary/aromatic N) is 2. The predicted molar refractivity (Wildman–Crippen MR) is 87.7 cm³/mol. The molecule has 0 atom stereocenters. The van der Waals surface area contributed by atoms with Crippen molar-refractivity contribution in [2.75, 3.05) is 32.7 Å². The van der Waals surface area contributed by atoms with Crippen LogP contribution in [0.25, 0.3) is 0 Å². The molecule has 0 radical (unpaired) electrons. The summed E-state index contributed by atoms with van der Waals surface area (Å²) in [5.41, 5.74) is 5.36. The fourth-order valence-electron chi connectivity index (χ4n) is 3.11. The fraction of sp³-hybridized carbons (Fsp3) is 0.867. The highest BCUT2D eigenvalue weighted by molar-refractivity contribution is 7.80. The summed E-state index contributed by atoms with van der Waals surface area (Å²) in [6, 6.07) is 0. The SMILES string of the molecule is CCCC(CCC)(C(=O)N1CCN(CC)CC1)C(N)=S. The van der Waals surface area contributed by atoms with Crippen molar-refractivity contribution >= 4 is 23.1 Å². The maximum Gasteiger partial charge on any atom is 0.235 e. The summed E-state index contributed by atoms with van der Waals surface area (Å²) in [6.07, 6.45) is 3.39. The number of hydrogen-bond donors (Lipinski definition) is 1. The largest absolute Gasteiger partial charge is 0.392 e. The maximum absolute atomic E-state index is 13.0. The van der Waals surface area contributed by atoms with Crippen molar-refractivity contribution in [1.82, 2.24) is 9.80 Å². The molecule has 0 aromatic heterocycles. The van der Waals surface area contributed by atoms with Crippen molar-refractivity contribution in [3.8, 4) is 0 Å². The summed E-state index contributed by atoms with van der Waals surface area (Å²) >= 11 is 5.27. The van der Waals surface area contributed by atoms with E-state index < -0.39 is 5.41 Å². The van der Waals surface area contributed by atoms with Crippen molar-refractivity contribution in [3.05, 3.63) is 0 Å². The number of nitrogens with two attached hydrogens (primary N) is 1. The number of amides is 1. The van der Waals surface area contributed by atoms with Gasteiger partial charge < -0.3 is 15.5 Å². The molecule has 1 saturated heterocycles. The van der Waals surface area contributed by atoms with E-state index in [2.05, 4.69) is 25.7 Å². The zero-order valence-electron chi connectivity index (χ0n) is 13.2. The number of carbonyl (C=O) groups excluding carboxylic acids is 1. The normalized spacial score (nSPS) is 17.2. The Hall–Kier alpha value is -0.680. The summed E-state index contributed by atoms with van der Waals surface area (Å²) in [4.78, 5) is 17.7. The Bertz CT molecular complexity index is 332. The third-order valence-corrected chi connectivity index (χ3v) is 4.73. The Labute approximate surface area is 128 Å². The van der Waals surface area contributed by atoms with E-state index in [4.69, 9.17) is 18.0 Å².